The van der Waals surface area contributed by atoms with Crippen LogP contribution in [-0.4, -0.2) is 22.0 Å². The van der Waals surface area contributed by atoms with Crippen molar-refractivity contribution in [3.8, 4) is 0 Å². The lowest BCUT2D eigenvalue weighted by Crippen LogP contribution is -2.06. The standard InChI is InChI=1S/C10H8N2O2/c1-7(14)12-10-4-8(6-13)2-3-9(10)5-11-12/h2-6H,1H3. The molecule has 2 aromatic rings. The Kier molecular flexibility index (Phi) is 1.89. The highest BCUT2D eigenvalue weighted by Gasteiger charge is 2.06. The topological polar surface area (TPSA) is 52.0 Å². The predicted molar refractivity (Wildman–Crippen MR) is 51.4 cm³/mol. The fourth-order valence-corrected chi connectivity index (χ4v) is 1.36. The van der Waals surface area contributed by atoms with E-state index < -0.39 is 0 Å². The highest BCUT2D eigenvalue weighted by Crippen LogP contribution is 2.14. The highest BCUT2D eigenvalue weighted by molar-refractivity contribution is 5.92. The number of hydrogen-bond acceptors (Lipinski definition) is 3. The van der Waals surface area contributed by atoms with E-state index >= 15 is 0 Å². The summed E-state index contributed by atoms with van der Waals surface area (Å²) in [6, 6.07) is 5.11. The molecule has 0 amide bonds. The van der Waals surface area contributed by atoms with Crippen LogP contribution >= 0.6 is 0 Å². The summed E-state index contributed by atoms with van der Waals surface area (Å²) in [6.45, 7) is 1.43. The number of rotatable bonds is 1. The van der Waals surface area contributed by atoms with E-state index in [1.165, 1.54) is 11.6 Å². The largest absolute Gasteiger partial charge is 0.298 e. The van der Waals surface area contributed by atoms with Crippen LogP contribution in [0.1, 0.15) is 22.1 Å². The van der Waals surface area contributed by atoms with E-state index in [9.17, 15) is 9.59 Å². The maximum absolute atomic E-state index is 11.1. The molecular weight excluding hydrogens is 180 g/mol. The second-order valence-electron chi connectivity index (χ2n) is 3.01. The van der Waals surface area contributed by atoms with Crippen LogP contribution in [0.4, 0.5) is 0 Å². The summed E-state index contributed by atoms with van der Waals surface area (Å²) in [6.07, 6.45) is 2.35. The first-order valence-corrected chi connectivity index (χ1v) is 4.16. The minimum Gasteiger partial charge on any atom is -0.298 e. The molecule has 0 aliphatic carbocycles. The SMILES string of the molecule is CC(=O)n1ncc2ccc(C=O)cc21. The predicted octanol–water partition coefficient (Wildman–Crippen LogP) is 1.51. The lowest BCUT2D eigenvalue weighted by molar-refractivity contribution is 0.0926. The van der Waals surface area contributed by atoms with Crippen molar-refractivity contribution >= 4 is 23.1 Å². The van der Waals surface area contributed by atoms with Crippen molar-refractivity contribution in [2.45, 2.75) is 6.92 Å². The van der Waals surface area contributed by atoms with Crippen molar-refractivity contribution in [2.24, 2.45) is 0 Å². The molecule has 0 unspecified atom stereocenters. The van der Waals surface area contributed by atoms with Crippen molar-refractivity contribution in [1.82, 2.24) is 9.78 Å². The van der Waals surface area contributed by atoms with Gasteiger partial charge in [-0.25, -0.2) is 4.68 Å². The van der Waals surface area contributed by atoms with Crippen LogP contribution in [-0.2, 0) is 0 Å². The summed E-state index contributed by atoms with van der Waals surface area (Å²) in [7, 11) is 0. The van der Waals surface area contributed by atoms with Gasteiger partial charge in [0.1, 0.15) is 6.29 Å². The van der Waals surface area contributed by atoms with E-state index in [1.54, 1.807) is 24.4 Å². The molecule has 4 nitrogen and oxygen atoms in total. The minimum atomic E-state index is -0.164. The van der Waals surface area contributed by atoms with Gasteiger partial charge in [-0.05, 0) is 6.07 Å². The molecule has 1 aromatic carbocycles. The molecule has 0 atom stereocenters. The van der Waals surface area contributed by atoms with E-state index in [0.29, 0.717) is 11.1 Å². The van der Waals surface area contributed by atoms with Crippen LogP contribution in [0.15, 0.2) is 24.4 Å². The van der Waals surface area contributed by atoms with Crippen molar-refractivity contribution in [2.75, 3.05) is 0 Å². The van der Waals surface area contributed by atoms with Crippen molar-refractivity contribution in [3.05, 3.63) is 30.0 Å². The third-order valence-corrected chi connectivity index (χ3v) is 2.03. The number of aldehydes is 1. The van der Waals surface area contributed by atoms with E-state index in [1.807, 2.05) is 0 Å². The average Bonchev–Trinajstić information content (AvgIpc) is 2.59. The van der Waals surface area contributed by atoms with Crippen LogP contribution in [0.3, 0.4) is 0 Å². The number of nitrogens with zero attached hydrogens (tertiary/aromatic N) is 2. The molecule has 0 N–H and O–H groups in total. The summed E-state index contributed by atoms with van der Waals surface area (Å²) in [5.74, 6) is -0.164. The fourth-order valence-electron chi connectivity index (χ4n) is 1.36. The molecule has 1 aromatic heterocycles. The Labute approximate surface area is 80.1 Å². The van der Waals surface area contributed by atoms with E-state index in [4.69, 9.17) is 0 Å². The summed E-state index contributed by atoms with van der Waals surface area (Å²) in [4.78, 5) is 21.7. The van der Waals surface area contributed by atoms with Gasteiger partial charge in [0.2, 0.25) is 5.91 Å². The average molecular weight is 188 g/mol. The third kappa shape index (κ3) is 1.21. The summed E-state index contributed by atoms with van der Waals surface area (Å²) >= 11 is 0. The number of hydrogen-bond donors (Lipinski definition) is 0. The molecule has 1 heterocycles. The second kappa shape index (κ2) is 3.06. The number of benzene rings is 1. The molecule has 0 aliphatic rings. The van der Waals surface area contributed by atoms with Crippen LogP contribution < -0.4 is 0 Å². The normalized spacial score (nSPS) is 10.4. The smallest absolute Gasteiger partial charge is 0.244 e. The van der Waals surface area contributed by atoms with Crippen molar-refractivity contribution in [3.63, 3.8) is 0 Å². The van der Waals surface area contributed by atoms with E-state index in [2.05, 4.69) is 5.10 Å². The van der Waals surface area contributed by atoms with Gasteiger partial charge >= 0.3 is 0 Å². The fraction of sp³-hybridized carbons (Fsp3) is 0.100. The lowest BCUT2D eigenvalue weighted by Gasteiger charge is -1.97. The van der Waals surface area contributed by atoms with Gasteiger partial charge in [-0.15, -0.1) is 0 Å². The molecule has 2 rings (SSSR count). The molecular formula is C10H8N2O2. The number of aromatic nitrogens is 2. The maximum atomic E-state index is 11.1. The van der Waals surface area contributed by atoms with Gasteiger partial charge in [0.25, 0.3) is 0 Å². The Morgan fingerprint density at radius 2 is 2.29 bits per heavy atom. The molecule has 4 heteroatoms. The Morgan fingerprint density at radius 3 is 2.93 bits per heavy atom. The Balaban J connectivity index is 2.75. The van der Waals surface area contributed by atoms with Crippen molar-refractivity contribution < 1.29 is 9.59 Å². The van der Waals surface area contributed by atoms with E-state index in [0.717, 1.165) is 11.7 Å². The van der Waals surface area contributed by atoms with Gasteiger partial charge in [0, 0.05) is 17.9 Å². The number of carbonyl (C=O) groups is 2. The molecule has 0 spiro atoms. The van der Waals surface area contributed by atoms with Crippen molar-refractivity contribution in [1.29, 1.82) is 0 Å². The Bertz CT molecular complexity index is 514. The van der Waals surface area contributed by atoms with Gasteiger partial charge in [0.05, 0.1) is 11.7 Å². The molecule has 70 valence electrons. The zero-order valence-electron chi connectivity index (χ0n) is 7.60. The Morgan fingerprint density at radius 1 is 1.50 bits per heavy atom. The molecule has 14 heavy (non-hydrogen) atoms. The van der Waals surface area contributed by atoms with Crippen LogP contribution in [0, 0.1) is 0 Å². The van der Waals surface area contributed by atoms with Gasteiger partial charge < -0.3 is 0 Å². The first-order valence-electron chi connectivity index (χ1n) is 4.16. The molecule has 0 radical (unpaired) electrons. The highest BCUT2D eigenvalue weighted by atomic mass is 16.2. The summed E-state index contributed by atoms with van der Waals surface area (Å²) in [5.41, 5.74) is 1.21. The molecule has 0 saturated heterocycles. The minimum absolute atomic E-state index is 0.164. The van der Waals surface area contributed by atoms with Crippen LogP contribution in [0.2, 0.25) is 0 Å². The van der Waals surface area contributed by atoms with Gasteiger partial charge in [-0.1, -0.05) is 12.1 Å². The molecule has 0 aliphatic heterocycles. The molecule has 0 fully saturated rings. The first kappa shape index (κ1) is 8.62. The lowest BCUT2D eigenvalue weighted by atomic mass is 10.2. The first-order chi connectivity index (χ1) is 6.72. The van der Waals surface area contributed by atoms with Gasteiger partial charge in [0.15, 0.2) is 0 Å². The number of carbonyl (C=O) groups excluding carboxylic acids is 2. The maximum Gasteiger partial charge on any atom is 0.244 e. The second-order valence-corrected chi connectivity index (χ2v) is 3.01. The molecule has 0 saturated carbocycles. The monoisotopic (exact) mass is 188 g/mol. The Hall–Kier alpha value is -1.97. The van der Waals surface area contributed by atoms with E-state index in [-0.39, 0.29) is 5.91 Å². The zero-order valence-corrected chi connectivity index (χ0v) is 7.60. The number of fused-ring (bicyclic) bond motifs is 1. The van der Waals surface area contributed by atoms with Crippen LogP contribution in [0.25, 0.3) is 10.9 Å². The van der Waals surface area contributed by atoms with Crippen LogP contribution in [0.5, 0.6) is 0 Å². The molecule has 0 bridgehead atoms. The zero-order chi connectivity index (χ0) is 10.1. The third-order valence-electron chi connectivity index (χ3n) is 2.03. The summed E-state index contributed by atoms with van der Waals surface area (Å²) in [5, 5.41) is 4.77. The summed E-state index contributed by atoms with van der Waals surface area (Å²) < 4.78 is 1.28. The van der Waals surface area contributed by atoms with Gasteiger partial charge in [-0.2, -0.15) is 5.10 Å². The van der Waals surface area contributed by atoms with Gasteiger partial charge in [-0.3, -0.25) is 9.59 Å². The quantitative estimate of drug-likeness (QED) is 0.637.